The van der Waals surface area contributed by atoms with Crippen molar-refractivity contribution in [3.63, 3.8) is 0 Å². The monoisotopic (exact) mass is 1050 g/mol. The number of nitrogens with one attached hydrogen (secondary N) is 7. The summed E-state index contributed by atoms with van der Waals surface area (Å²) >= 11 is 0. The molecule has 1 saturated heterocycles. The number of guanidine groups is 1. The lowest BCUT2D eigenvalue weighted by Crippen LogP contribution is -2.62. The summed E-state index contributed by atoms with van der Waals surface area (Å²) in [5, 5.41) is 45.1. The van der Waals surface area contributed by atoms with Gasteiger partial charge in [-0.25, -0.2) is 9.78 Å². The molecule has 0 spiro atoms. The minimum Gasteiger partial charge on any atom is -0.508 e. The first-order chi connectivity index (χ1) is 35.6. The Balaban J connectivity index is 1.59. The predicted octanol–water partition coefficient (Wildman–Crippen LogP) is -1.31. The number of carbonyl (C=O) groups excluding carboxylic acids is 7. The zero-order valence-corrected chi connectivity index (χ0v) is 42.5. The second kappa shape index (κ2) is 29.0. The smallest absolute Gasteiger partial charge is 0.326 e. The summed E-state index contributed by atoms with van der Waals surface area (Å²) in [6, 6.07) is 3.95. The number of phenols is 1. The number of benzene rings is 2. The summed E-state index contributed by atoms with van der Waals surface area (Å²) in [5.74, 6) is -9.64. The van der Waals surface area contributed by atoms with Crippen LogP contribution in [0.2, 0.25) is 0 Å². The van der Waals surface area contributed by atoms with Crippen LogP contribution in [0, 0.1) is 11.8 Å². The van der Waals surface area contributed by atoms with E-state index in [9.17, 15) is 58.5 Å². The Morgan fingerprint density at radius 2 is 1.35 bits per heavy atom. The number of imidazole rings is 1. The molecular weight excluding hydrogens is 975 g/mol. The van der Waals surface area contributed by atoms with Crippen LogP contribution in [0.5, 0.6) is 5.75 Å². The van der Waals surface area contributed by atoms with E-state index in [0.29, 0.717) is 29.7 Å². The highest BCUT2D eigenvalue weighted by molar-refractivity contribution is 5.98. The highest BCUT2D eigenvalue weighted by atomic mass is 16.4. The molecule has 9 atom stereocenters. The Labute approximate surface area is 434 Å². The van der Waals surface area contributed by atoms with Crippen LogP contribution in [0.15, 0.2) is 72.1 Å². The van der Waals surface area contributed by atoms with Gasteiger partial charge in [0.1, 0.15) is 48.0 Å². The molecule has 7 amide bonds. The van der Waals surface area contributed by atoms with E-state index in [-0.39, 0.29) is 63.3 Å². The molecule has 2 heterocycles. The number of aromatic amines is 1. The number of H-pyrrole nitrogens is 1. The van der Waals surface area contributed by atoms with E-state index in [2.05, 4.69) is 46.9 Å². The van der Waals surface area contributed by atoms with Crippen molar-refractivity contribution >= 4 is 59.2 Å². The average Bonchev–Trinajstić information content (AvgIpc) is 4.08. The molecule has 75 heavy (non-hydrogen) atoms. The Bertz CT molecular complexity index is 2450. The van der Waals surface area contributed by atoms with Gasteiger partial charge in [0.2, 0.25) is 41.4 Å². The number of likely N-dealkylation sites (tertiary alicyclic amines) is 1. The maximum atomic E-state index is 14.6. The number of rotatable bonds is 29. The fraction of sp³-hybridized carbons (Fsp3) is 0.500. The maximum absolute atomic E-state index is 14.6. The topological polar surface area (TPSA) is 409 Å². The molecule has 408 valence electrons. The van der Waals surface area contributed by atoms with Gasteiger partial charge in [0, 0.05) is 44.2 Å². The zero-order valence-electron chi connectivity index (χ0n) is 42.5. The summed E-state index contributed by atoms with van der Waals surface area (Å²) in [6.45, 7) is 6.90. The van der Waals surface area contributed by atoms with Crippen LogP contribution in [-0.2, 0) is 62.4 Å². The number of hydrogen-bond acceptors (Lipinski definition) is 13. The molecule has 4 rings (SSSR count). The van der Waals surface area contributed by atoms with Gasteiger partial charge in [-0.1, -0.05) is 76.6 Å². The van der Waals surface area contributed by atoms with Crippen LogP contribution >= 0.6 is 0 Å². The minimum absolute atomic E-state index is 0.00211. The Morgan fingerprint density at radius 1 is 0.747 bits per heavy atom. The van der Waals surface area contributed by atoms with Crippen LogP contribution in [-0.4, -0.2) is 151 Å². The van der Waals surface area contributed by atoms with Gasteiger partial charge in [-0.2, -0.15) is 0 Å². The number of carboxylic acid groups (broad SMARTS) is 2. The van der Waals surface area contributed by atoms with Gasteiger partial charge in [-0.05, 0) is 60.8 Å². The molecular formula is C50H71N13O12. The third-order valence-electron chi connectivity index (χ3n) is 12.7. The molecule has 1 fully saturated rings. The third kappa shape index (κ3) is 18.7. The molecule has 0 bridgehead atoms. The minimum atomic E-state index is -1.51. The quantitative estimate of drug-likeness (QED) is 0.0218. The first-order valence-corrected chi connectivity index (χ1v) is 24.8. The van der Waals surface area contributed by atoms with E-state index in [4.69, 9.17) is 17.2 Å². The number of carboxylic acids is 2. The highest BCUT2D eigenvalue weighted by Crippen LogP contribution is 2.21. The number of nitrogens with zero attached hydrogens (tertiary/aromatic N) is 3. The zero-order chi connectivity index (χ0) is 55.4. The van der Waals surface area contributed by atoms with E-state index in [0.717, 1.165) is 0 Å². The normalized spacial score (nSPS) is 16.3. The lowest BCUT2D eigenvalue weighted by Gasteiger charge is -2.32. The number of aliphatic carboxylic acids is 2. The van der Waals surface area contributed by atoms with E-state index in [1.54, 1.807) is 58.0 Å². The second-order valence-electron chi connectivity index (χ2n) is 18.9. The number of amides is 7. The fourth-order valence-corrected chi connectivity index (χ4v) is 8.31. The Morgan fingerprint density at radius 3 is 1.95 bits per heavy atom. The Hall–Kier alpha value is -8.09. The van der Waals surface area contributed by atoms with Gasteiger partial charge in [-0.3, -0.25) is 43.3 Å². The van der Waals surface area contributed by atoms with Crippen molar-refractivity contribution in [1.82, 2.24) is 46.8 Å². The number of hydrogen-bond donors (Lipinski definition) is 13. The van der Waals surface area contributed by atoms with Gasteiger partial charge in [-0.15, -0.1) is 0 Å². The van der Waals surface area contributed by atoms with Gasteiger partial charge in [0.25, 0.3) is 0 Å². The number of aromatic nitrogens is 2. The summed E-state index contributed by atoms with van der Waals surface area (Å²) in [5.41, 5.74) is 18.2. The molecule has 1 aliphatic rings. The van der Waals surface area contributed by atoms with E-state index < -0.39 is 120 Å². The summed E-state index contributed by atoms with van der Waals surface area (Å²) < 4.78 is 0. The number of aliphatic imine (C=N–C) groups is 1. The number of carbonyl (C=O) groups is 9. The van der Waals surface area contributed by atoms with Crippen LogP contribution in [0.25, 0.3) is 0 Å². The second-order valence-corrected chi connectivity index (χ2v) is 18.9. The van der Waals surface area contributed by atoms with Crippen LogP contribution < -0.4 is 49.1 Å². The molecule has 0 saturated carbocycles. The largest absolute Gasteiger partial charge is 0.508 e. The van der Waals surface area contributed by atoms with E-state index >= 15 is 0 Å². The van der Waals surface area contributed by atoms with Crippen LogP contribution in [0.3, 0.4) is 0 Å². The van der Waals surface area contributed by atoms with Crippen molar-refractivity contribution in [3.05, 3.63) is 83.9 Å². The average molecular weight is 1050 g/mol. The molecule has 3 aromatic rings. The van der Waals surface area contributed by atoms with Crippen LogP contribution in [0.1, 0.15) is 83.0 Å². The SMILES string of the molecule is CCC(C)C(NC(=O)C(Cc1ccc(O)cc1)NC(=O)C(NC(=O)C(CCCN=C(N)N)NC(=O)C(N)CC(=O)O)C(C)C)C(=O)NC(Cc1cnc[nH]1)C(=O)N1CCC[C@H]1C(=O)NC(Cc1ccccc1)C(=O)O. The predicted molar refractivity (Wildman–Crippen MR) is 273 cm³/mol. The first kappa shape index (κ1) is 59.5. The fourth-order valence-electron chi connectivity index (χ4n) is 8.31. The maximum Gasteiger partial charge on any atom is 0.326 e. The molecule has 8 unspecified atom stereocenters. The summed E-state index contributed by atoms with van der Waals surface area (Å²) in [7, 11) is 0. The molecule has 2 aromatic carbocycles. The molecule has 1 aliphatic heterocycles. The molecule has 0 radical (unpaired) electrons. The molecule has 1 aromatic heterocycles. The Kier molecular flexibility index (Phi) is 23.0. The number of nitrogens with two attached hydrogens (primary N) is 3. The molecule has 0 aliphatic carbocycles. The van der Waals surface area contributed by atoms with Gasteiger partial charge in [0.05, 0.1) is 18.8 Å². The lowest BCUT2D eigenvalue weighted by molar-refractivity contribution is -0.145. The van der Waals surface area contributed by atoms with Gasteiger partial charge >= 0.3 is 11.9 Å². The highest BCUT2D eigenvalue weighted by Gasteiger charge is 2.41. The van der Waals surface area contributed by atoms with Gasteiger partial charge < -0.3 is 74.3 Å². The lowest BCUT2D eigenvalue weighted by atomic mass is 9.96. The number of phenolic OH excluding ortho intramolecular Hbond substituents is 1. The van der Waals surface area contributed by atoms with Crippen molar-refractivity contribution in [2.45, 2.75) is 134 Å². The van der Waals surface area contributed by atoms with E-state index in [1.807, 2.05) is 0 Å². The van der Waals surface area contributed by atoms with Crippen LogP contribution in [0.4, 0.5) is 0 Å². The third-order valence-corrected chi connectivity index (χ3v) is 12.7. The first-order valence-electron chi connectivity index (χ1n) is 24.8. The van der Waals surface area contributed by atoms with Crippen molar-refractivity contribution in [3.8, 4) is 5.75 Å². The van der Waals surface area contributed by atoms with E-state index in [1.165, 1.54) is 41.7 Å². The molecule has 25 nitrogen and oxygen atoms in total. The molecule has 16 N–H and O–H groups in total. The van der Waals surface area contributed by atoms with Crippen molar-refractivity contribution < 1.29 is 58.5 Å². The summed E-state index contributed by atoms with van der Waals surface area (Å²) in [4.78, 5) is 134. The summed E-state index contributed by atoms with van der Waals surface area (Å²) in [6.07, 6.45) is 2.92. The van der Waals surface area contributed by atoms with Crippen molar-refractivity contribution in [2.75, 3.05) is 13.1 Å². The number of aromatic hydroxyl groups is 1. The van der Waals surface area contributed by atoms with Crippen molar-refractivity contribution in [2.24, 2.45) is 34.0 Å². The standard InChI is InChI=1S/C50H71N13O12/c1-5-28(4)41(47(72)59-36(23-31-25-54-26-56-31)48(73)63-20-10-14-38(63)45(70)60-37(49(74)75)22-29-11-7-6-8-12-29)62-44(69)35(21-30-15-17-32(64)18-16-30)58-46(71)40(27(2)3)61-43(68)34(13-9-19-55-50(52)53)57-42(67)33(51)24-39(65)66/h6-8,11-12,15-18,25-28,33-38,40-41,64H,5,9-10,13-14,19-24,51H2,1-4H3,(H,54,56)(H,57,67)(H,58,71)(H,59,72)(H,60,70)(H,61,68)(H,62,69)(H,65,66)(H,74,75)(H4,52,53,55)/t28?,33?,34?,35?,36?,37?,38-,40?,41?/m0/s1. The molecule has 25 heteroatoms. The van der Waals surface area contributed by atoms with Crippen molar-refractivity contribution in [1.29, 1.82) is 0 Å². The van der Waals surface area contributed by atoms with Gasteiger partial charge in [0.15, 0.2) is 5.96 Å².